The molecule has 1 N–H and O–H groups in total. The zero-order valence-electron chi connectivity index (χ0n) is 10.8. The summed E-state index contributed by atoms with van der Waals surface area (Å²) in [5.41, 5.74) is 1.23. The van der Waals surface area contributed by atoms with Crippen LogP contribution >= 0.6 is 15.9 Å². The van der Waals surface area contributed by atoms with E-state index in [2.05, 4.69) is 50.4 Å². The molecule has 1 unspecified atom stereocenters. The number of halogens is 1. The highest BCUT2D eigenvalue weighted by Crippen LogP contribution is 2.22. The topological polar surface area (TPSA) is 35.6 Å². The lowest BCUT2D eigenvalue weighted by molar-refractivity contribution is 0.164. The highest BCUT2D eigenvalue weighted by molar-refractivity contribution is 9.10. The zero-order valence-corrected chi connectivity index (χ0v) is 12.4. The second-order valence-corrected chi connectivity index (χ2v) is 6.11. The minimum absolute atomic E-state index is 0.105. The number of hydrogen-bond donors (Lipinski definition) is 1. The summed E-state index contributed by atoms with van der Waals surface area (Å²) in [5.74, 6) is 0. The van der Waals surface area contributed by atoms with Crippen molar-refractivity contribution in [3.8, 4) is 0 Å². The molecule has 2 aliphatic heterocycles. The molecule has 2 amide bonds. The summed E-state index contributed by atoms with van der Waals surface area (Å²) in [6.45, 7) is 3.73. The van der Waals surface area contributed by atoms with E-state index in [1.165, 1.54) is 5.69 Å². The van der Waals surface area contributed by atoms with E-state index < -0.39 is 0 Å². The van der Waals surface area contributed by atoms with E-state index in [-0.39, 0.29) is 12.1 Å². The summed E-state index contributed by atoms with van der Waals surface area (Å²) in [4.78, 5) is 16.1. The Morgan fingerprint density at radius 3 is 2.58 bits per heavy atom. The van der Waals surface area contributed by atoms with Crippen LogP contribution in [-0.2, 0) is 0 Å². The van der Waals surface area contributed by atoms with Crippen molar-refractivity contribution in [3.05, 3.63) is 28.7 Å². The van der Waals surface area contributed by atoms with Gasteiger partial charge in [-0.3, -0.25) is 0 Å². The first kappa shape index (κ1) is 12.8. The third-order valence-electron chi connectivity index (χ3n) is 3.85. The number of rotatable bonds is 2. The number of urea groups is 1. The van der Waals surface area contributed by atoms with Gasteiger partial charge in [-0.05, 0) is 37.1 Å². The van der Waals surface area contributed by atoms with Gasteiger partial charge in [0.15, 0.2) is 0 Å². The Morgan fingerprint density at radius 2 is 1.95 bits per heavy atom. The van der Waals surface area contributed by atoms with Gasteiger partial charge in [0.2, 0.25) is 0 Å². The van der Waals surface area contributed by atoms with Gasteiger partial charge in [0.25, 0.3) is 0 Å². The first-order chi connectivity index (χ1) is 9.22. The number of amides is 2. The first-order valence-corrected chi connectivity index (χ1v) is 7.57. The van der Waals surface area contributed by atoms with Crippen molar-refractivity contribution < 1.29 is 4.79 Å². The number of likely N-dealkylation sites (tertiary alicyclic amines) is 1. The highest BCUT2D eigenvalue weighted by atomic mass is 79.9. The van der Waals surface area contributed by atoms with Crippen LogP contribution in [0.5, 0.6) is 0 Å². The van der Waals surface area contributed by atoms with Crippen LogP contribution in [0.1, 0.15) is 12.8 Å². The Kier molecular flexibility index (Phi) is 3.64. The fourth-order valence-corrected chi connectivity index (χ4v) is 2.81. The van der Waals surface area contributed by atoms with Gasteiger partial charge in [0.1, 0.15) is 0 Å². The number of carbonyl (C=O) groups excluding carboxylic acids is 1. The Labute approximate surface area is 121 Å². The van der Waals surface area contributed by atoms with Crippen molar-refractivity contribution in [1.29, 1.82) is 0 Å². The monoisotopic (exact) mass is 323 g/mol. The molecular formula is C14H18BrN3O. The van der Waals surface area contributed by atoms with Crippen LogP contribution < -0.4 is 10.2 Å². The van der Waals surface area contributed by atoms with Crippen molar-refractivity contribution >= 4 is 27.6 Å². The average Bonchev–Trinajstić information content (AvgIpc) is 2.76. The molecule has 0 aromatic heterocycles. The van der Waals surface area contributed by atoms with Gasteiger partial charge in [0, 0.05) is 42.4 Å². The number of benzene rings is 1. The number of carbonyl (C=O) groups is 1. The van der Waals surface area contributed by atoms with Crippen LogP contribution in [0.2, 0.25) is 0 Å². The molecule has 1 aromatic carbocycles. The second kappa shape index (κ2) is 5.41. The van der Waals surface area contributed by atoms with Crippen molar-refractivity contribution in [2.24, 2.45) is 0 Å². The number of nitrogens with zero attached hydrogens (tertiary/aromatic N) is 2. The maximum absolute atomic E-state index is 11.9. The molecule has 19 heavy (non-hydrogen) atoms. The summed E-state index contributed by atoms with van der Waals surface area (Å²) < 4.78 is 1.10. The van der Waals surface area contributed by atoms with Crippen molar-refractivity contribution in [3.63, 3.8) is 0 Å². The average molecular weight is 324 g/mol. The number of nitrogens with one attached hydrogen (secondary N) is 1. The van der Waals surface area contributed by atoms with E-state index in [1.807, 2.05) is 4.90 Å². The highest BCUT2D eigenvalue weighted by Gasteiger charge is 2.27. The largest absolute Gasteiger partial charge is 0.369 e. The van der Waals surface area contributed by atoms with Gasteiger partial charge < -0.3 is 15.1 Å². The van der Waals surface area contributed by atoms with E-state index in [1.54, 1.807) is 0 Å². The minimum atomic E-state index is 0.105. The minimum Gasteiger partial charge on any atom is -0.369 e. The summed E-state index contributed by atoms with van der Waals surface area (Å²) in [5, 5.41) is 3.13. The molecule has 0 bridgehead atoms. The standard InChI is InChI=1S/C14H18BrN3O/c15-11-2-4-13(5-3-11)18-9-6-12(10-18)16-14(19)17-7-1-8-17/h2-5,12H,1,6-10H2,(H,16,19). The lowest BCUT2D eigenvalue weighted by Crippen LogP contribution is -2.51. The van der Waals surface area contributed by atoms with Gasteiger partial charge >= 0.3 is 6.03 Å². The van der Waals surface area contributed by atoms with Crippen LogP contribution in [0.4, 0.5) is 10.5 Å². The number of hydrogen-bond acceptors (Lipinski definition) is 2. The molecule has 4 nitrogen and oxygen atoms in total. The Bertz CT molecular complexity index is 458. The van der Waals surface area contributed by atoms with Crippen LogP contribution in [0, 0.1) is 0 Å². The molecule has 1 atom stereocenters. The fraction of sp³-hybridized carbons (Fsp3) is 0.500. The molecule has 102 valence electrons. The lowest BCUT2D eigenvalue weighted by Gasteiger charge is -2.32. The second-order valence-electron chi connectivity index (χ2n) is 5.20. The number of anilines is 1. The normalized spacial score (nSPS) is 22.3. The molecule has 0 aliphatic carbocycles. The van der Waals surface area contributed by atoms with E-state index in [9.17, 15) is 4.79 Å². The SMILES string of the molecule is O=C(NC1CCN(c2ccc(Br)cc2)C1)N1CCC1. The van der Waals surface area contributed by atoms with E-state index in [4.69, 9.17) is 0 Å². The summed E-state index contributed by atoms with van der Waals surface area (Å²) >= 11 is 3.45. The Morgan fingerprint density at radius 1 is 1.21 bits per heavy atom. The molecule has 0 radical (unpaired) electrons. The summed E-state index contributed by atoms with van der Waals surface area (Å²) in [6, 6.07) is 8.72. The molecule has 2 fully saturated rings. The molecule has 2 aliphatic rings. The van der Waals surface area contributed by atoms with Gasteiger partial charge in [0.05, 0.1) is 0 Å². The van der Waals surface area contributed by atoms with E-state index in [0.717, 1.165) is 43.5 Å². The van der Waals surface area contributed by atoms with Crippen LogP contribution in [0.3, 0.4) is 0 Å². The predicted octanol–water partition coefficient (Wildman–Crippen LogP) is 2.44. The quantitative estimate of drug-likeness (QED) is 0.907. The Balaban J connectivity index is 1.54. The predicted molar refractivity (Wildman–Crippen MR) is 79.5 cm³/mol. The maximum Gasteiger partial charge on any atom is 0.317 e. The lowest BCUT2D eigenvalue weighted by atomic mass is 10.2. The van der Waals surface area contributed by atoms with Crippen LogP contribution in [0.25, 0.3) is 0 Å². The molecule has 2 heterocycles. The molecule has 2 saturated heterocycles. The molecule has 3 rings (SSSR count). The fourth-order valence-electron chi connectivity index (χ4n) is 2.55. The van der Waals surface area contributed by atoms with Crippen LogP contribution in [-0.4, -0.2) is 43.2 Å². The molecule has 0 spiro atoms. The van der Waals surface area contributed by atoms with Crippen molar-refractivity contribution in [1.82, 2.24) is 10.2 Å². The molecule has 0 saturated carbocycles. The third kappa shape index (κ3) is 2.86. The third-order valence-corrected chi connectivity index (χ3v) is 4.38. The Hall–Kier alpha value is -1.23. The van der Waals surface area contributed by atoms with Crippen LogP contribution in [0.15, 0.2) is 28.7 Å². The zero-order chi connectivity index (χ0) is 13.2. The summed E-state index contributed by atoms with van der Waals surface area (Å²) in [7, 11) is 0. The van der Waals surface area contributed by atoms with Crippen molar-refractivity contribution in [2.45, 2.75) is 18.9 Å². The van der Waals surface area contributed by atoms with Gasteiger partial charge in [-0.15, -0.1) is 0 Å². The molecule has 5 heteroatoms. The summed E-state index contributed by atoms with van der Waals surface area (Å²) in [6.07, 6.45) is 2.17. The van der Waals surface area contributed by atoms with E-state index >= 15 is 0 Å². The first-order valence-electron chi connectivity index (χ1n) is 6.78. The smallest absolute Gasteiger partial charge is 0.317 e. The van der Waals surface area contributed by atoms with Gasteiger partial charge in [-0.1, -0.05) is 15.9 Å². The van der Waals surface area contributed by atoms with Crippen molar-refractivity contribution in [2.75, 3.05) is 31.1 Å². The van der Waals surface area contributed by atoms with Gasteiger partial charge in [-0.2, -0.15) is 0 Å². The van der Waals surface area contributed by atoms with Gasteiger partial charge in [-0.25, -0.2) is 4.79 Å². The maximum atomic E-state index is 11.9. The molecular weight excluding hydrogens is 306 g/mol. The molecule has 1 aromatic rings. The van der Waals surface area contributed by atoms with E-state index in [0.29, 0.717) is 0 Å².